The normalized spacial score (nSPS) is 34.8. The van der Waals surface area contributed by atoms with Crippen molar-refractivity contribution in [3.05, 3.63) is 23.3 Å². The van der Waals surface area contributed by atoms with Crippen molar-refractivity contribution >= 4 is 18.5 Å². The summed E-state index contributed by atoms with van der Waals surface area (Å²) in [6.45, 7) is 11.2. The van der Waals surface area contributed by atoms with Gasteiger partial charge in [0.2, 0.25) is 0 Å². The van der Waals surface area contributed by atoms with Gasteiger partial charge in [0.05, 0.1) is 21.3 Å². The van der Waals surface area contributed by atoms with Crippen LogP contribution in [0.1, 0.15) is 86.0 Å². The molecule has 0 aromatic heterocycles. The minimum Gasteiger partial charge on any atom is -0.438 e. The highest BCUT2D eigenvalue weighted by Crippen LogP contribution is 2.66. The van der Waals surface area contributed by atoms with E-state index in [1.807, 2.05) is 0 Å². The molecule has 0 bridgehead atoms. The van der Waals surface area contributed by atoms with E-state index in [0.717, 1.165) is 37.7 Å². The largest absolute Gasteiger partial charge is 0.508 e. The average Bonchev–Trinajstić information content (AvgIpc) is 3.32. The fourth-order valence-corrected chi connectivity index (χ4v) is 8.92. The molecule has 4 rings (SSSR count). The van der Waals surface area contributed by atoms with Gasteiger partial charge in [0.25, 0.3) is 0 Å². The number of hydrogen-bond acceptors (Lipinski definition) is 9. The molecule has 4 aliphatic carbocycles. The summed E-state index contributed by atoms with van der Waals surface area (Å²) in [5.74, 6) is 1.97. The second kappa shape index (κ2) is 12.9. The summed E-state index contributed by atoms with van der Waals surface area (Å²) in [5.41, 5.74) is 2.37. The Morgan fingerprint density at radius 1 is 0.857 bits per heavy atom. The lowest BCUT2D eigenvalue weighted by molar-refractivity contribution is -0.0831. The maximum atomic E-state index is 12.4. The third-order valence-electron chi connectivity index (χ3n) is 11.3. The lowest BCUT2D eigenvalue weighted by Crippen LogP contribution is -2.54. The van der Waals surface area contributed by atoms with Crippen molar-refractivity contribution in [2.45, 2.75) is 104 Å². The number of carbonyl (C=O) groups is 3. The monoisotopic (exact) mass is 590 g/mol. The molecule has 0 aromatic rings. The van der Waals surface area contributed by atoms with E-state index < -0.39 is 36.1 Å². The Morgan fingerprint density at radius 2 is 1.52 bits per heavy atom. The van der Waals surface area contributed by atoms with Gasteiger partial charge in [-0.1, -0.05) is 57.9 Å². The molecule has 236 valence electrons. The summed E-state index contributed by atoms with van der Waals surface area (Å²) in [6, 6.07) is 0. The van der Waals surface area contributed by atoms with E-state index in [1.54, 1.807) is 0 Å². The highest BCUT2D eigenvalue weighted by Gasteiger charge is 2.60. The van der Waals surface area contributed by atoms with Crippen LogP contribution in [0.2, 0.25) is 0 Å². The summed E-state index contributed by atoms with van der Waals surface area (Å²) < 4.78 is 31.4. The van der Waals surface area contributed by atoms with Gasteiger partial charge in [-0.3, -0.25) is 0 Å². The van der Waals surface area contributed by atoms with E-state index in [4.69, 9.17) is 28.4 Å². The van der Waals surface area contributed by atoms with Crippen LogP contribution >= 0.6 is 0 Å². The number of rotatable bonds is 8. The maximum absolute atomic E-state index is 12.4. The van der Waals surface area contributed by atoms with Gasteiger partial charge in [0, 0.05) is 18.3 Å². The van der Waals surface area contributed by atoms with Gasteiger partial charge in [-0.2, -0.15) is 0 Å². The second-order valence-electron chi connectivity index (χ2n) is 13.6. The molecule has 3 fully saturated rings. The van der Waals surface area contributed by atoms with E-state index >= 15 is 0 Å². The van der Waals surface area contributed by atoms with Crippen LogP contribution in [0.4, 0.5) is 14.4 Å². The maximum Gasteiger partial charge on any atom is 0.508 e. The number of hydrogen-bond donors (Lipinski definition) is 0. The van der Waals surface area contributed by atoms with Gasteiger partial charge in [-0.25, -0.2) is 14.4 Å². The average molecular weight is 591 g/mol. The summed E-state index contributed by atoms with van der Waals surface area (Å²) in [4.78, 5) is 36.1. The van der Waals surface area contributed by atoms with Crippen LogP contribution in [0.5, 0.6) is 0 Å². The third-order valence-corrected chi connectivity index (χ3v) is 11.3. The molecule has 42 heavy (non-hydrogen) atoms. The Morgan fingerprint density at radius 3 is 2.17 bits per heavy atom. The lowest BCUT2D eigenvalue weighted by Gasteiger charge is -2.57. The molecule has 1 unspecified atom stereocenters. The Bertz CT molecular complexity index is 1080. The van der Waals surface area contributed by atoms with Crippen molar-refractivity contribution in [2.24, 2.45) is 40.4 Å². The first-order valence-corrected chi connectivity index (χ1v) is 15.5. The zero-order chi connectivity index (χ0) is 30.8. The standard InChI is InChI=1S/C33H50O9/c1-19(2)27(41-30(35)38-7)14-9-20(3)24-12-13-25-23-11-10-21-17-22(40-29(34)37-6)18-28(42-31(36)39-8)33(21,5)26(23)15-16-32(24,25)4/h10-11,19-20,22,24-28H,9,12-18H2,1-8H3/t20-,22-,24-,25+,26+,27?,28+,32-,33+/m1/s1. The fourth-order valence-electron chi connectivity index (χ4n) is 8.92. The predicted molar refractivity (Wildman–Crippen MR) is 156 cm³/mol. The smallest absolute Gasteiger partial charge is 0.438 e. The minimum atomic E-state index is -0.732. The van der Waals surface area contributed by atoms with Crippen LogP contribution in [-0.4, -0.2) is 58.1 Å². The van der Waals surface area contributed by atoms with Crippen LogP contribution in [0.15, 0.2) is 23.3 Å². The van der Waals surface area contributed by atoms with Crippen LogP contribution in [-0.2, 0) is 28.4 Å². The molecular formula is C33H50O9. The predicted octanol–water partition coefficient (Wildman–Crippen LogP) is 7.62. The van der Waals surface area contributed by atoms with Gasteiger partial charge in [-0.05, 0) is 73.5 Å². The number of fused-ring (bicyclic) bond motifs is 5. The van der Waals surface area contributed by atoms with Crippen molar-refractivity contribution < 1.29 is 42.8 Å². The van der Waals surface area contributed by atoms with Crippen molar-refractivity contribution in [1.82, 2.24) is 0 Å². The molecule has 9 nitrogen and oxygen atoms in total. The van der Waals surface area contributed by atoms with E-state index in [9.17, 15) is 14.4 Å². The first-order valence-electron chi connectivity index (χ1n) is 15.5. The molecule has 4 aliphatic rings. The van der Waals surface area contributed by atoms with Gasteiger partial charge < -0.3 is 28.4 Å². The van der Waals surface area contributed by atoms with Gasteiger partial charge in [-0.15, -0.1) is 0 Å². The molecule has 9 atom stereocenters. The number of carbonyl (C=O) groups excluding carboxylic acids is 3. The van der Waals surface area contributed by atoms with Crippen molar-refractivity contribution in [3.8, 4) is 0 Å². The Hall–Kier alpha value is -2.71. The molecule has 0 aromatic carbocycles. The van der Waals surface area contributed by atoms with E-state index in [1.165, 1.54) is 33.3 Å². The SMILES string of the molecule is COC(=O)OC(CC[C@@H](C)[C@H]1CC[C@H]2C3=CC=C4C[C@@H](OC(=O)OC)C[C@H](OC(=O)OC)[C@]4(C)[C@H]3CC[C@]12C)C(C)C. The van der Waals surface area contributed by atoms with Crippen LogP contribution in [0.3, 0.4) is 0 Å². The summed E-state index contributed by atoms with van der Waals surface area (Å²) in [5, 5.41) is 0. The molecule has 9 heteroatoms. The molecule has 3 saturated carbocycles. The number of allylic oxidation sites excluding steroid dienone is 3. The minimum absolute atomic E-state index is 0.157. The zero-order valence-corrected chi connectivity index (χ0v) is 26.6. The van der Waals surface area contributed by atoms with Crippen molar-refractivity contribution in [3.63, 3.8) is 0 Å². The van der Waals surface area contributed by atoms with E-state index in [-0.39, 0.29) is 23.4 Å². The molecule has 0 N–H and O–H groups in total. The number of methoxy groups -OCH3 is 3. The van der Waals surface area contributed by atoms with Crippen molar-refractivity contribution in [1.29, 1.82) is 0 Å². The third kappa shape index (κ3) is 6.02. The van der Waals surface area contributed by atoms with E-state index in [2.05, 4.69) is 46.8 Å². The first kappa shape index (κ1) is 32.2. The van der Waals surface area contributed by atoms with Crippen molar-refractivity contribution in [2.75, 3.05) is 21.3 Å². The lowest BCUT2D eigenvalue weighted by atomic mass is 9.49. The summed E-state index contributed by atoms with van der Waals surface area (Å²) in [7, 11) is 3.96. The van der Waals surface area contributed by atoms with Gasteiger partial charge >= 0.3 is 18.5 Å². The molecule has 0 heterocycles. The Balaban J connectivity index is 1.55. The molecule has 0 spiro atoms. The molecule has 0 radical (unpaired) electrons. The zero-order valence-electron chi connectivity index (χ0n) is 26.6. The molecule has 0 aliphatic heterocycles. The van der Waals surface area contributed by atoms with Gasteiger partial charge in [0.1, 0.15) is 18.3 Å². The quantitative estimate of drug-likeness (QED) is 0.208. The summed E-state index contributed by atoms with van der Waals surface area (Å²) >= 11 is 0. The topological polar surface area (TPSA) is 107 Å². The molecule has 0 saturated heterocycles. The van der Waals surface area contributed by atoms with Crippen LogP contribution < -0.4 is 0 Å². The van der Waals surface area contributed by atoms with E-state index in [0.29, 0.717) is 30.6 Å². The highest BCUT2D eigenvalue weighted by molar-refractivity contribution is 5.61. The summed E-state index contributed by atoms with van der Waals surface area (Å²) in [6.07, 6.45) is 8.54. The molecule has 0 amide bonds. The second-order valence-corrected chi connectivity index (χ2v) is 13.6. The van der Waals surface area contributed by atoms with Crippen LogP contribution in [0.25, 0.3) is 0 Å². The van der Waals surface area contributed by atoms with Crippen LogP contribution in [0, 0.1) is 40.4 Å². The Labute approximate surface area is 250 Å². The Kier molecular flexibility index (Phi) is 9.88. The fraction of sp³-hybridized carbons (Fsp3) is 0.788. The van der Waals surface area contributed by atoms with Gasteiger partial charge in [0.15, 0.2) is 0 Å². The molecular weight excluding hydrogens is 540 g/mol. The number of ether oxygens (including phenoxy) is 6. The first-order chi connectivity index (χ1) is 19.9. The highest BCUT2D eigenvalue weighted by atomic mass is 16.7.